The van der Waals surface area contributed by atoms with Crippen LogP contribution in [0.4, 0.5) is 4.79 Å². The zero-order chi connectivity index (χ0) is 17.8. The Labute approximate surface area is 146 Å². The van der Waals surface area contributed by atoms with E-state index in [1.165, 1.54) is 10.8 Å². The second kappa shape index (κ2) is 7.21. The number of nitrogens with one attached hydrogen (secondary N) is 1. The highest BCUT2D eigenvalue weighted by atomic mass is 16.5. The molecule has 5 heteroatoms. The first-order chi connectivity index (χ1) is 12.1. The molecule has 0 fully saturated rings. The zero-order valence-electron chi connectivity index (χ0n) is 14.6. The Balaban J connectivity index is 1.97. The first-order valence-electron chi connectivity index (χ1n) is 8.24. The lowest BCUT2D eigenvalue weighted by molar-refractivity contribution is 0.152. The predicted molar refractivity (Wildman–Crippen MR) is 101 cm³/mol. The molecule has 3 aromatic rings. The molecule has 2 aromatic carbocycles. The number of ether oxygens (including phenoxy) is 1. The number of fused-ring (bicyclic) bond motifs is 1. The summed E-state index contributed by atoms with van der Waals surface area (Å²) in [5.74, 6) is 0. The summed E-state index contributed by atoms with van der Waals surface area (Å²) in [6.45, 7) is 6.17. The largest absolute Gasteiger partial charge is 0.449 e. The topological polar surface area (TPSA) is 55.6 Å². The van der Waals surface area contributed by atoms with E-state index in [1.807, 2.05) is 25.1 Å². The first-order valence-corrected chi connectivity index (χ1v) is 8.24. The van der Waals surface area contributed by atoms with Crippen LogP contribution in [0.1, 0.15) is 23.9 Å². The molecule has 128 valence electrons. The van der Waals surface area contributed by atoms with Gasteiger partial charge in [-0.05, 0) is 38.3 Å². The van der Waals surface area contributed by atoms with Crippen molar-refractivity contribution in [2.75, 3.05) is 6.61 Å². The lowest BCUT2D eigenvalue weighted by Crippen LogP contribution is -2.18. The van der Waals surface area contributed by atoms with Gasteiger partial charge in [-0.2, -0.15) is 5.10 Å². The van der Waals surface area contributed by atoms with Gasteiger partial charge in [-0.25, -0.2) is 10.2 Å². The molecule has 0 atom stereocenters. The highest BCUT2D eigenvalue weighted by molar-refractivity contribution is 5.91. The maximum atomic E-state index is 11.3. The molecule has 1 amide bonds. The van der Waals surface area contributed by atoms with E-state index in [4.69, 9.17) is 4.74 Å². The fourth-order valence-electron chi connectivity index (χ4n) is 3.01. The normalized spacial score (nSPS) is 11.2. The van der Waals surface area contributed by atoms with Crippen molar-refractivity contribution in [3.8, 4) is 5.69 Å². The van der Waals surface area contributed by atoms with Gasteiger partial charge >= 0.3 is 6.09 Å². The lowest BCUT2D eigenvalue weighted by Gasteiger charge is -2.12. The fraction of sp³-hybridized carbons (Fsp3) is 0.200. The van der Waals surface area contributed by atoms with Crippen LogP contribution in [-0.4, -0.2) is 23.5 Å². The first kappa shape index (κ1) is 16.8. The Bertz CT molecular complexity index is 936. The van der Waals surface area contributed by atoms with Gasteiger partial charge in [0.25, 0.3) is 0 Å². The van der Waals surface area contributed by atoms with E-state index in [-0.39, 0.29) is 0 Å². The number of carbonyl (C=O) groups is 1. The smallest absolute Gasteiger partial charge is 0.427 e. The maximum Gasteiger partial charge on any atom is 0.427 e. The molecule has 0 bridgehead atoms. The number of aromatic nitrogens is 1. The number of rotatable bonds is 4. The molecule has 1 heterocycles. The molecule has 0 aliphatic heterocycles. The van der Waals surface area contributed by atoms with Gasteiger partial charge in [0.15, 0.2) is 0 Å². The van der Waals surface area contributed by atoms with Crippen molar-refractivity contribution in [3.05, 3.63) is 65.5 Å². The molecule has 0 aliphatic rings. The van der Waals surface area contributed by atoms with Gasteiger partial charge in [0, 0.05) is 22.3 Å². The Hall–Kier alpha value is -3.08. The van der Waals surface area contributed by atoms with Gasteiger partial charge in [-0.15, -0.1) is 0 Å². The van der Waals surface area contributed by atoms with Crippen LogP contribution in [-0.2, 0) is 4.74 Å². The minimum Gasteiger partial charge on any atom is -0.449 e. The van der Waals surface area contributed by atoms with Crippen molar-refractivity contribution in [3.63, 3.8) is 0 Å². The van der Waals surface area contributed by atoms with E-state index in [9.17, 15) is 4.79 Å². The van der Waals surface area contributed by atoms with Crippen LogP contribution in [0, 0.1) is 13.8 Å². The molecular formula is C20H21N3O2. The van der Waals surface area contributed by atoms with Gasteiger partial charge in [0.05, 0.1) is 18.5 Å². The van der Waals surface area contributed by atoms with Crippen LogP contribution in [0.3, 0.4) is 0 Å². The van der Waals surface area contributed by atoms with Crippen molar-refractivity contribution >= 4 is 23.1 Å². The molecule has 3 rings (SSSR count). The Morgan fingerprint density at radius 3 is 2.76 bits per heavy atom. The molecule has 1 N–H and O–H groups in total. The monoisotopic (exact) mass is 335 g/mol. The van der Waals surface area contributed by atoms with Gasteiger partial charge < -0.3 is 9.30 Å². The summed E-state index contributed by atoms with van der Waals surface area (Å²) in [5.41, 5.74) is 6.60. The molecule has 0 spiro atoms. The molecular weight excluding hydrogens is 314 g/mol. The number of benzene rings is 2. The standard InChI is InChI=1S/C20H21N3O2/c1-4-25-20(24)22-21-13-17-12-14(2)23(15(17)3)19-11-7-9-16-8-5-6-10-18(16)19/h5-13H,4H2,1-3H3,(H,22,24)/b21-13+. The molecule has 25 heavy (non-hydrogen) atoms. The average molecular weight is 335 g/mol. The Kier molecular flexibility index (Phi) is 4.84. The third kappa shape index (κ3) is 3.40. The van der Waals surface area contributed by atoms with Crippen LogP contribution >= 0.6 is 0 Å². The Morgan fingerprint density at radius 2 is 1.96 bits per heavy atom. The van der Waals surface area contributed by atoms with E-state index >= 15 is 0 Å². The summed E-state index contributed by atoms with van der Waals surface area (Å²) in [6.07, 6.45) is 1.09. The summed E-state index contributed by atoms with van der Waals surface area (Å²) < 4.78 is 6.99. The summed E-state index contributed by atoms with van der Waals surface area (Å²) >= 11 is 0. The summed E-state index contributed by atoms with van der Waals surface area (Å²) in [4.78, 5) is 11.3. The minimum atomic E-state index is -0.554. The van der Waals surface area contributed by atoms with Crippen LogP contribution in [0.5, 0.6) is 0 Å². The number of nitrogens with zero attached hydrogens (tertiary/aromatic N) is 2. The van der Waals surface area contributed by atoms with Crippen molar-refractivity contribution in [1.82, 2.24) is 9.99 Å². The summed E-state index contributed by atoms with van der Waals surface area (Å²) in [6, 6.07) is 16.7. The minimum absolute atomic E-state index is 0.316. The molecule has 5 nitrogen and oxygen atoms in total. The average Bonchev–Trinajstić information content (AvgIpc) is 2.88. The van der Waals surface area contributed by atoms with E-state index in [0.29, 0.717) is 6.61 Å². The number of hydrogen-bond donors (Lipinski definition) is 1. The zero-order valence-corrected chi connectivity index (χ0v) is 14.6. The van der Waals surface area contributed by atoms with Crippen LogP contribution < -0.4 is 5.43 Å². The van der Waals surface area contributed by atoms with Crippen molar-refractivity contribution in [2.45, 2.75) is 20.8 Å². The van der Waals surface area contributed by atoms with Gasteiger partial charge in [-0.1, -0.05) is 36.4 Å². The fourth-order valence-corrected chi connectivity index (χ4v) is 3.01. The number of carbonyl (C=O) groups excluding carboxylic acids is 1. The highest BCUT2D eigenvalue weighted by Crippen LogP contribution is 2.26. The van der Waals surface area contributed by atoms with Crippen LogP contribution in [0.25, 0.3) is 16.5 Å². The number of hydrazone groups is 1. The maximum absolute atomic E-state index is 11.3. The molecule has 1 aromatic heterocycles. The highest BCUT2D eigenvalue weighted by Gasteiger charge is 2.11. The second-order valence-corrected chi connectivity index (χ2v) is 5.75. The van der Waals surface area contributed by atoms with E-state index in [1.54, 1.807) is 13.1 Å². The third-order valence-electron chi connectivity index (χ3n) is 4.11. The van der Waals surface area contributed by atoms with Crippen molar-refractivity contribution < 1.29 is 9.53 Å². The van der Waals surface area contributed by atoms with E-state index < -0.39 is 6.09 Å². The van der Waals surface area contributed by atoms with E-state index in [2.05, 4.69) is 52.3 Å². The second-order valence-electron chi connectivity index (χ2n) is 5.75. The Morgan fingerprint density at radius 1 is 1.20 bits per heavy atom. The summed E-state index contributed by atoms with van der Waals surface area (Å²) in [7, 11) is 0. The van der Waals surface area contributed by atoms with E-state index in [0.717, 1.165) is 22.6 Å². The molecule has 0 saturated heterocycles. The van der Waals surface area contributed by atoms with Gasteiger partial charge in [-0.3, -0.25) is 0 Å². The van der Waals surface area contributed by atoms with Crippen LogP contribution in [0.2, 0.25) is 0 Å². The lowest BCUT2D eigenvalue weighted by atomic mass is 10.1. The molecule has 0 unspecified atom stereocenters. The number of aryl methyl sites for hydroxylation is 1. The predicted octanol–water partition coefficient (Wildman–Crippen LogP) is 4.33. The van der Waals surface area contributed by atoms with Crippen molar-refractivity contribution in [2.24, 2.45) is 5.10 Å². The molecule has 0 aliphatic carbocycles. The van der Waals surface area contributed by atoms with Gasteiger partial charge in [0.2, 0.25) is 0 Å². The number of hydrogen-bond acceptors (Lipinski definition) is 3. The quantitative estimate of drug-likeness (QED) is 0.570. The van der Waals surface area contributed by atoms with Gasteiger partial charge in [0.1, 0.15) is 0 Å². The molecule has 0 radical (unpaired) electrons. The SMILES string of the molecule is CCOC(=O)N/N=C/c1cc(C)n(-c2cccc3ccccc23)c1C. The van der Waals surface area contributed by atoms with Crippen molar-refractivity contribution in [1.29, 1.82) is 0 Å². The summed E-state index contributed by atoms with van der Waals surface area (Å²) in [5, 5.41) is 6.36. The molecule has 0 saturated carbocycles. The van der Waals surface area contributed by atoms with Crippen LogP contribution in [0.15, 0.2) is 53.6 Å². The number of amides is 1. The third-order valence-corrected chi connectivity index (χ3v) is 4.11.